The molecule has 1 aromatic rings. The van der Waals surface area contributed by atoms with Gasteiger partial charge in [0.2, 0.25) is 0 Å². The number of hydrogen-bond donors (Lipinski definition) is 1. The number of halogens is 7. The Balaban J connectivity index is 3.60. The third-order valence-corrected chi connectivity index (χ3v) is 2.25. The number of rotatable bonds is 3. The number of carboxylic acids is 1. The van der Waals surface area contributed by atoms with Crippen molar-refractivity contribution in [3.8, 4) is 5.75 Å². The summed E-state index contributed by atoms with van der Waals surface area (Å²) in [7, 11) is 0. The first kappa shape index (κ1) is 16.3. The van der Waals surface area contributed by atoms with E-state index in [2.05, 4.69) is 9.72 Å². The number of hydrogen-bond acceptors (Lipinski definition) is 3. The molecule has 0 fully saturated rings. The third-order valence-electron chi connectivity index (χ3n) is 1.99. The molecule has 0 amide bonds. The number of pyridine rings is 1. The highest BCUT2D eigenvalue weighted by atomic mass is 35.5. The van der Waals surface area contributed by atoms with Crippen molar-refractivity contribution < 1.29 is 41.0 Å². The average Bonchev–Trinajstić information content (AvgIpc) is 2.24. The second-order valence-electron chi connectivity index (χ2n) is 3.31. The molecule has 20 heavy (non-hydrogen) atoms. The minimum absolute atomic E-state index is 0.270. The van der Waals surface area contributed by atoms with Crippen molar-refractivity contribution >= 4 is 17.6 Å². The van der Waals surface area contributed by atoms with Crippen LogP contribution in [0.3, 0.4) is 0 Å². The van der Waals surface area contributed by atoms with Crippen molar-refractivity contribution in [1.29, 1.82) is 0 Å². The van der Waals surface area contributed by atoms with Crippen LogP contribution in [-0.2, 0) is 12.1 Å². The van der Waals surface area contributed by atoms with Crippen LogP contribution < -0.4 is 4.74 Å². The SMILES string of the molecule is O=C(O)c1cnc(C(F)(F)F)c(OC(F)(F)F)c1CCl. The van der Waals surface area contributed by atoms with E-state index >= 15 is 0 Å². The molecule has 0 aliphatic rings. The standard InChI is InChI=1S/C9H4ClF6NO3/c10-1-3-4(7(18)19)2-17-6(8(11,12)13)5(3)20-9(14,15)16/h2H,1H2,(H,18,19). The van der Waals surface area contributed by atoms with Crippen molar-refractivity contribution in [3.63, 3.8) is 0 Å². The molecule has 0 aromatic carbocycles. The molecule has 1 N–H and O–H groups in total. The molecule has 1 aromatic heterocycles. The lowest BCUT2D eigenvalue weighted by Gasteiger charge is -2.18. The van der Waals surface area contributed by atoms with E-state index < -0.39 is 47.0 Å². The molecule has 0 saturated carbocycles. The fourth-order valence-corrected chi connectivity index (χ4v) is 1.54. The van der Waals surface area contributed by atoms with E-state index in [-0.39, 0.29) is 6.20 Å². The maximum absolute atomic E-state index is 12.6. The quantitative estimate of drug-likeness (QED) is 0.684. The highest BCUT2D eigenvalue weighted by molar-refractivity contribution is 6.18. The Labute approximate surface area is 111 Å². The Bertz CT molecular complexity index is 528. The zero-order chi connectivity index (χ0) is 15.7. The van der Waals surface area contributed by atoms with Gasteiger partial charge in [0.25, 0.3) is 0 Å². The van der Waals surface area contributed by atoms with Crippen LogP contribution in [0.4, 0.5) is 26.3 Å². The Morgan fingerprint density at radius 2 is 1.85 bits per heavy atom. The number of aromatic nitrogens is 1. The van der Waals surface area contributed by atoms with Gasteiger partial charge in [-0.3, -0.25) is 0 Å². The van der Waals surface area contributed by atoms with Crippen LogP contribution in [0.5, 0.6) is 5.75 Å². The zero-order valence-corrected chi connectivity index (χ0v) is 9.90. The molecule has 1 heterocycles. The first-order valence-electron chi connectivity index (χ1n) is 4.61. The maximum atomic E-state index is 12.6. The molecule has 0 atom stereocenters. The van der Waals surface area contributed by atoms with Crippen molar-refractivity contribution in [2.24, 2.45) is 0 Å². The van der Waals surface area contributed by atoms with Gasteiger partial charge >= 0.3 is 18.5 Å². The second kappa shape index (κ2) is 5.35. The minimum Gasteiger partial charge on any atom is -0.478 e. The van der Waals surface area contributed by atoms with E-state index in [4.69, 9.17) is 16.7 Å². The highest BCUT2D eigenvalue weighted by Gasteiger charge is 2.43. The first-order chi connectivity index (χ1) is 8.97. The highest BCUT2D eigenvalue weighted by Crippen LogP contribution is 2.40. The smallest absolute Gasteiger partial charge is 0.478 e. The molecule has 11 heteroatoms. The van der Waals surface area contributed by atoms with Crippen molar-refractivity contribution in [2.45, 2.75) is 18.4 Å². The number of carboxylic acid groups (broad SMARTS) is 1. The first-order valence-corrected chi connectivity index (χ1v) is 5.15. The van der Waals surface area contributed by atoms with Gasteiger partial charge in [-0.1, -0.05) is 0 Å². The summed E-state index contributed by atoms with van der Waals surface area (Å²) in [5, 5.41) is 8.70. The molecular weight excluding hydrogens is 320 g/mol. The summed E-state index contributed by atoms with van der Waals surface area (Å²) < 4.78 is 77.4. The van der Waals surface area contributed by atoms with Gasteiger partial charge in [0.1, 0.15) is 0 Å². The molecule has 112 valence electrons. The Hall–Kier alpha value is -1.71. The van der Waals surface area contributed by atoms with E-state index in [1.165, 1.54) is 0 Å². The van der Waals surface area contributed by atoms with Crippen LogP contribution in [0.15, 0.2) is 6.20 Å². The normalized spacial score (nSPS) is 12.3. The molecular formula is C9H4ClF6NO3. The molecule has 0 unspecified atom stereocenters. The van der Waals surface area contributed by atoms with Crippen LogP contribution in [0.1, 0.15) is 21.6 Å². The lowest BCUT2D eigenvalue weighted by atomic mass is 10.1. The summed E-state index contributed by atoms with van der Waals surface area (Å²) in [5.41, 5.74) is -3.87. The summed E-state index contributed by atoms with van der Waals surface area (Å²) in [5.74, 6) is -4.48. The number of ether oxygens (including phenoxy) is 1. The third kappa shape index (κ3) is 3.65. The Morgan fingerprint density at radius 1 is 1.30 bits per heavy atom. The predicted molar refractivity (Wildman–Crippen MR) is 52.4 cm³/mol. The summed E-state index contributed by atoms with van der Waals surface area (Å²) in [4.78, 5) is 13.4. The molecule has 1 rings (SSSR count). The van der Waals surface area contributed by atoms with E-state index in [0.717, 1.165) is 0 Å². The van der Waals surface area contributed by atoms with Crippen molar-refractivity contribution in [1.82, 2.24) is 4.98 Å². The van der Waals surface area contributed by atoms with Gasteiger partial charge in [-0.05, 0) is 0 Å². The van der Waals surface area contributed by atoms with Gasteiger partial charge in [0, 0.05) is 11.8 Å². The predicted octanol–water partition coefficient (Wildman–Crippen LogP) is 3.44. The topological polar surface area (TPSA) is 59.4 Å². The van der Waals surface area contributed by atoms with Crippen molar-refractivity contribution in [3.05, 3.63) is 23.0 Å². The molecule has 0 bridgehead atoms. The van der Waals surface area contributed by atoms with Gasteiger partial charge in [-0.15, -0.1) is 24.8 Å². The second-order valence-corrected chi connectivity index (χ2v) is 3.58. The van der Waals surface area contributed by atoms with E-state index in [0.29, 0.717) is 0 Å². The van der Waals surface area contributed by atoms with Gasteiger partial charge in [-0.25, -0.2) is 9.78 Å². The number of alkyl halides is 7. The summed E-state index contributed by atoms with van der Waals surface area (Å²) in [6, 6.07) is 0. The largest absolute Gasteiger partial charge is 0.573 e. The number of aromatic carboxylic acids is 1. The van der Waals surface area contributed by atoms with E-state index in [9.17, 15) is 31.1 Å². The fourth-order valence-electron chi connectivity index (χ4n) is 1.28. The summed E-state index contributed by atoms with van der Waals surface area (Å²) in [6.07, 6.45) is -10.5. The molecule has 0 aliphatic heterocycles. The van der Waals surface area contributed by atoms with Crippen LogP contribution in [0.25, 0.3) is 0 Å². The Morgan fingerprint density at radius 3 is 2.20 bits per heavy atom. The van der Waals surface area contributed by atoms with E-state index in [1.54, 1.807) is 0 Å². The van der Waals surface area contributed by atoms with Gasteiger partial charge in [0.05, 0.1) is 11.4 Å². The number of nitrogens with zero attached hydrogens (tertiary/aromatic N) is 1. The van der Waals surface area contributed by atoms with Crippen LogP contribution >= 0.6 is 11.6 Å². The lowest BCUT2D eigenvalue weighted by Crippen LogP contribution is -2.23. The Kier molecular flexibility index (Phi) is 4.37. The zero-order valence-electron chi connectivity index (χ0n) is 9.14. The van der Waals surface area contributed by atoms with Crippen molar-refractivity contribution in [2.75, 3.05) is 0 Å². The summed E-state index contributed by atoms with van der Waals surface area (Å²) >= 11 is 5.23. The van der Waals surface area contributed by atoms with Crippen LogP contribution in [0, 0.1) is 0 Å². The fraction of sp³-hybridized carbons (Fsp3) is 0.333. The van der Waals surface area contributed by atoms with Crippen LogP contribution in [-0.4, -0.2) is 22.4 Å². The maximum Gasteiger partial charge on any atom is 0.573 e. The monoisotopic (exact) mass is 323 g/mol. The average molecular weight is 324 g/mol. The van der Waals surface area contributed by atoms with Gasteiger partial charge in [-0.2, -0.15) is 13.2 Å². The molecule has 4 nitrogen and oxygen atoms in total. The van der Waals surface area contributed by atoms with E-state index in [1.807, 2.05) is 0 Å². The summed E-state index contributed by atoms with van der Waals surface area (Å²) in [6.45, 7) is 0. The minimum atomic E-state index is -5.46. The van der Waals surface area contributed by atoms with Gasteiger partial charge in [0.15, 0.2) is 11.4 Å². The molecule has 0 spiro atoms. The van der Waals surface area contributed by atoms with Crippen LogP contribution in [0.2, 0.25) is 0 Å². The molecule has 0 saturated heterocycles. The lowest BCUT2D eigenvalue weighted by molar-refractivity contribution is -0.276. The molecule has 0 radical (unpaired) electrons. The number of carbonyl (C=O) groups is 1. The van der Waals surface area contributed by atoms with Gasteiger partial charge < -0.3 is 9.84 Å². The molecule has 0 aliphatic carbocycles.